The Labute approximate surface area is 218 Å². The van der Waals surface area contributed by atoms with E-state index in [2.05, 4.69) is 10.1 Å². The Kier molecular flexibility index (Phi) is 4.82. The van der Waals surface area contributed by atoms with Gasteiger partial charge in [-0.2, -0.15) is 9.50 Å². The topological polar surface area (TPSA) is 80.7 Å². The van der Waals surface area contributed by atoms with E-state index in [0.717, 1.165) is 39.1 Å². The van der Waals surface area contributed by atoms with E-state index >= 15 is 0 Å². The fraction of sp³-hybridized carbons (Fsp3) is 0.0714. The van der Waals surface area contributed by atoms with Gasteiger partial charge < -0.3 is 9.32 Å². The molecule has 3 aromatic heterocycles. The third-order valence-electron chi connectivity index (χ3n) is 6.64. The second-order valence-corrected chi connectivity index (χ2v) is 10.2. The van der Waals surface area contributed by atoms with E-state index in [1.165, 1.54) is 4.52 Å². The van der Waals surface area contributed by atoms with Crippen LogP contribution in [-0.2, 0) is 11.3 Å². The number of anilines is 1. The molecule has 0 bridgehead atoms. The second-order valence-electron chi connectivity index (χ2n) is 8.79. The normalized spacial score (nSPS) is 14.8. The Balaban J connectivity index is 1.38. The van der Waals surface area contributed by atoms with Crippen molar-refractivity contribution < 1.29 is 9.21 Å². The number of hydrogen-bond acceptors (Lipinski definition) is 6. The average molecular weight is 525 g/mol. The monoisotopic (exact) mass is 524 g/mol. The van der Waals surface area contributed by atoms with Crippen molar-refractivity contribution in [2.24, 2.45) is 0 Å². The number of halogens is 1. The van der Waals surface area contributed by atoms with Crippen LogP contribution < -0.4 is 15.0 Å². The molecule has 0 spiro atoms. The summed E-state index contributed by atoms with van der Waals surface area (Å²) in [6.07, 6.45) is 0. The van der Waals surface area contributed by atoms with E-state index < -0.39 is 0 Å². The van der Waals surface area contributed by atoms with E-state index in [0.29, 0.717) is 43.8 Å². The first kappa shape index (κ1) is 22.0. The molecule has 3 aromatic carbocycles. The van der Waals surface area contributed by atoms with E-state index in [9.17, 15) is 9.59 Å². The molecule has 0 atom stereocenters. The van der Waals surface area contributed by atoms with Gasteiger partial charge in [0.25, 0.3) is 11.5 Å². The largest absolute Gasteiger partial charge is 0.452 e. The molecule has 1 aliphatic heterocycles. The Morgan fingerprint density at radius 3 is 2.54 bits per heavy atom. The molecule has 0 aliphatic carbocycles. The van der Waals surface area contributed by atoms with E-state index in [1.54, 1.807) is 11.0 Å². The van der Waals surface area contributed by atoms with Crippen LogP contribution in [0.3, 0.4) is 0 Å². The molecule has 9 heteroatoms. The van der Waals surface area contributed by atoms with Gasteiger partial charge in [-0.3, -0.25) is 9.59 Å². The summed E-state index contributed by atoms with van der Waals surface area (Å²) < 4.78 is 7.54. The quantitative estimate of drug-likeness (QED) is 0.326. The maximum absolute atomic E-state index is 13.7. The molecular formula is C28H17ClN4O3S. The van der Waals surface area contributed by atoms with Crippen molar-refractivity contribution in [1.29, 1.82) is 0 Å². The summed E-state index contributed by atoms with van der Waals surface area (Å²) in [5, 5.41) is 6.02. The lowest BCUT2D eigenvalue weighted by atomic mass is 10.1. The number of benzene rings is 3. The molecule has 0 fully saturated rings. The minimum absolute atomic E-state index is 0.254. The molecule has 37 heavy (non-hydrogen) atoms. The van der Waals surface area contributed by atoms with Crippen LogP contribution in [0, 0.1) is 6.92 Å². The summed E-state index contributed by atoms with van der Waals surface area (Å²) in [6.45, 7) is 2.24. The number of amides is 1. The SMILES string of the molecule is Cc1c(-c2nc3s/c(=C4\C(=O)N(Cc5ccccc5Cl)c5ccccc54)c(=O)n3n2)oc2ccccc12. The molecule has 6 aromatic rings. The average Bonchev–Trinajstić information content (AvgIpc) is 3.62. The Hall–Kier alpha value is -4.27. The number of carbonyl (C=O) groups excluding carboxylic acids is 1. The van der Waals surface area contributed by atoms with Crippen molar-refractivity contribution in [2.45, 2.75) is 13.5 Å². The summed E-state index contributed by atoms with van der Waals surface area (Å²) in [4.78, 5) is 33.9. The van der Waals surface area contributed by atoms with Crippen LogP contribution in [0.2, 0.25) is 5.02 Å². The molecule has 0 saturated heterocycles. The number of rotatable bonds is 3. The Morgan fingerprint density at radius 2 is 1.73 bits per heavy atom. The Bertz CT molecular complexity index is 2010. The lowest BCUT2D eigenvalue weighted by Gasteiger charge is -2.17. The predicted molar refractivity (Wildman–Crippen MR) is 144 cm³/mol. The Morgan fingerprint density at radius 1 is 0.973 bits per heavy atom. The number of furan rings is 1. The maximum Gasteiger partial charge on any atom is 0.291 e. The number of carbonyl (C=O) groups is 1. The second kappa shape index (κ2) is 8.12. The van der Waals surface area contributed by atoms with Crippen molar-refractivity contribution in [3.05, 3.63) is 109 Å². The number of aromatic nitrogens is 3. The van der Waals surface area contributed by atoms with Gasteiger partial charge in [0, 0.05) is 21.5 Å². The van der Waals surface area contributed by atoms with Gasteiger partial charge in [0.1, 0.15) is 10.1 Å². The molecule has 0 saturated carbocycles. The maximum atomic E-state index is 13.7. The minimum atomic E-state index is -0.384. The molecule has 7 nitrogen and oxygen atoms in total. The van der Waals surface area contributed by atoms with Crippen molar-refractivity contribution >= 4 is 56.0 Å². The number of nitrogens with zero attached hydrogens (tertiary/aromatic N) is 4. The lowest BCUT2D eigenvalue weighted by Crippen LogP contribution is -2.32. The highest BCUT2D eigenvalue weighted by atomic mass is 35.5. The third-order valence-corrected chi connectivity index (χ3v) is 8.04. The van der Waals surface area contributed by atoms with Crippen molar-refractivity contribution in [3.8, 4) is 11.6 Å². The zero-order valence-electron chi connectivity index (χ0n) is 19.4. The van der Waals surface area contributed by atoms with Crippen molar-refractivity contribution in [3.63, 3.8) is 0 Å². The highest BCUT2D eigenvalue weighted by Crippen LogP contribution is 2.37. The van der Waals surface area contributed by atoms with Crippen LogP contribution in [0.4, 0.5) is 5.69 Å². The van der Waals surface area contributed by atoms with Crippen LogP contribution in [0.25, 0.3) is 33.1 Å². The number of hydrogen-bond donors (Lipinski definition) is 0. The van der Waals surface area contributed by atoms with Crippen LogP contribution in [0.5, 0.6) is 0 Å². The van der Waals surface area contributed by atoms with E-state index in [1.807, 2.05) is 73.7 Å². The van der Waals surface area contributed by atoms with Gasteiger partial charge in [0.05, 0.1) is 17.8 Å². The summed E-state index contributed by atoms with van der Waals surface area (Å²) in [7, 11) is 0. The highest BCUT2D eigenvalue weighted by molar-refractivity contribution is 7.15. The molecule has 0 radical (unpaired) electrons. The van der Waals surface area contributed by atoms with Crippen LogP contribution in [0.15, 0.2) is 82.0 Å². The van der Waals surface area contributed by atoms with Gasteiger partial charge in [-0.05, 0) is 30.7 Å². The number of aryl methyl sites for hydroxylation is 1. The minimum Gasteiger partial charge on any atom is -0.452 e. The third kappa shape index (κ3) is 3.26. The number of thiazole rings is 1. The van der Waals surface area contributed by atoms with E-state index in [4.69, 9.17) is 16.0 Å². The lowest BCUT2D eigenvalue weighted by molar-refractivity contribution is -0.113. The number of fused-ring (bicyclic) bond motifs is 3. The van der Waals surface area contributed by atoms with Gasteiger partial charge in [0.15, 0.2) is 5.76 Å². The summed E-state index contributed by atoms with van der Waals surface area (Å²) in [5.74, 6) is 0.613. The van der Waals surface area contributed by atoms with Crippen molar-refractivity contribution in [1.82, 2.24) is 14.6 Å². The fourth-order valence-electron chi connectivity index (χ4n) is 4.82. The highest BCUT2D eigenvalue weighted by Gasteiger charge is 2.34. The molecule has 4 heterocycles. The smallest absolute Gasteiger partial charge is 0.291 e. The zero-order chi connectivity index (χ0) is 25.3. The summed E-state index contributed by atoms with van der Waals surface area (Å²) in [5.41, 5.74) is 3.87. The van der Waals surface area contributed by atoms with Crippen LogP contribution in [-0.4, -0.2) is 20.5 Å². The first-order chi connectivity index (χ1) is 18.0. The molecule has 180 valence electrons. The van der Waals surface area contributed by atoms with E-state index in [-0.39, 0.29) is 11.5 Å². The molecule has 0 N–H and O–H groups in total. The van der Waals surface area contributed by atoms with Gasteiger partial charge >= 0.3 is 0 Å². The first-order valence-corrected chi connectivity index (χ1v) is 12.8. The van der Waals surface area contributed by atoms with Gasteiger partial charge in [-0.1, -0.05) is 77.5 Å². The predicted octanol–water partition coefficient (Wildman–Crippen LogP) is 4.99. The van der Waals surface area contributed by atoms with Gasteiger partial charge in [-0.15, -0.1) is 5.10 Å². The molecule has 1 amide bonds. The number of para-hydroxylation sites is 2. The first-order valence-electron chi connectivity index (χ1n) is 11.6. The standard InChI is InChI=1S/C28H17ClN4O3S/c1-15-17-9-4-7-13-21(17)36-23(15)25-30-28-33(31-25)27(35)24(37-28)22-18-10-3-6-12-20(18)32(26(22)34)14-16-8-2-5-11-19(16)29/h2-13H,14H2,1H3/b24-22-. The molecule has 7 rings (SSSR count). The zero-order valence-corrected chi connectivity index (χ0v) is 21.0. The summed E-state index contributed by atoms with van der Waals surface area (Å²) in [6, 6.07) is 22.6. The molecule has 0 unspecified atom stereocenters. The van der Waals surface area contributed by atoms with Gasteiger partial charge in [-0.25, -0.2) is 0 Å². The summed E-state index contributed by atoms with van der Waals surface area (Å²) >= 11 is 7.53. The van der Waals surface area contributed by atoms with Crippen LogP contribution in [0.1, 0.15) is 16.7 Å². The van der Waals surface area contributed by atoms with Crippen LogP contribution >= 0.6 is 22.9 Å². The molecular weight excluding hydrogens is 508 g/mol. The fourth-order valence-corrected chi connectivity index (χ4v) is 6.02. The molecule has 1 aliphatic rings. The van der Waals surface area contributed by atoms with Crippen molar-refractivity contribution in [2.75, 3.05) is 4.90 Å². The van der Waals surface area contributed by atoms with Gasteiger partial charge in [0.2, 0.25) is 10.8 Å².